The monoisotopic (exact) mass is 526 g/mol. The number of rotatable bonds is 6. The first-order valence-electron chi connectivity index (χ1n) is 12.0. The summed E-state index contributed by atoms with van der Waals surface area (Å²) in [6.45, 7) is 7.35. The van der Waals surface area contributed by atoms with Gasteiger partial charge in [0.15, 0.2) is 0 Å². The van der Waals surface area contributed by atoms with Crippen molar-refractivity contribution in [1.29, 1.82) is 0 Å². The van der Waals surface area contributed by atoms with Crippen LogP contribution in [0, 0.1) is 27.7 Å². The molecular weight excluding hydrogens is 500 g/mol. The zero-order valence-corrected chi connectivity index (χ0v) is 22.2. The smallest absolute Gasteiger partial charge is 0.264 e. The molecule has 2 heterocycles. The van der Waals surface area contributed by atoms with Crippen LogP contribution in [0.25, 0.3) is 22.2 Å². The van der Waals surface area contributed by atoms with E-state index in [2.05, 4.69) is 15.2 Å². The third kappa shape index (κ3) is 4.76. The van der Waals surface area contributed by atoms with E-state index in [0.717, 1.165) is 27.8 Å². The predicted octanol–water partition coefficient (Wildman–Crippen LogP) is 6.18. The lowest BCUT2D eigenvalue weighted by Crippen LogP contribution is -2.16. The second-order valence-corrected chi connectivity index (χ2v) is 10.8. The summed E-state index contributed by atoms with van der Waals surface area (Å²) in [5.41, 5.74) is 6.45. The Morgan fingerprint density at radius 3 is 2.18 bits per heavy atom. The van der Waals surface area contributed by atoms with Crippen molar-refractivity contribution in [2.45, 2.75) is 32.6 Å². The van der Waals surface area contributed by atoms with E-state index in [4.69, 9.17) is 9.51 Å². The molecule has 38 heavy (non-hydrogen) atoms. The molecule has 0 aliphatic carbocycles. The van der Waals surface area contributed by atoms with Crippen LogP contribution in [0.4, 0.5) is 11.6 Å². The summed E-state index contributed by atoms with van der Waals surface area (Å²) in [7, 11) is -3.90. The van der Waals surface area contributed by atoms with Gasteiger partial charge in [-0.25, -0.2) is 18.1 Å². The van der Waals surface area contributed by atoms with Crippen LogP contribution in [0.2, 0.25) is 0 Å². The first kappa shape index (κ1) is 25.2. The minimum atomic E-state index is -3.90. The summed E-state index contributed by atoms with van der Waals surface area (Å²) in [6.07, 6.45) is 0. The predicted molar refractivity (Wildman–Crippen MR) is 148 cm³/mol. The molecule has 2 aromatic heterocycles. The molecule has 0 aliphatic heterocycles. The number of nitrogens with one attached hydrogen (secondary N) is 2. The molecule has 0 bridgehead atoms. The lowest BCUT2D eigenvalue weighted by molar-refractivity contribution is 0.102. The number of carbonyl (C=O) groups is 1. The van der Waals surface area contributed by atoms with Crippen molar-refractivity contribution in [1.82, 2.24) is 10.1 Å². The first-order chi connectivity index (χ1) is 18.1. The third-order valence-electron chi connectivity index (χ3n) is 6.49. The number of benzene rings is 3. The first-order valence-corrected chi connectivity index (χ1v) is 13.5. The average Bonchev–Trinajstić information content (AvgIpc) is 3.21. The van der Waals surface area contributed by atoms with Gasteiger partial charge in [-0.05, 0) is 63.6 Å². The van der Waals surface area contributed by atoms with Gasteiger partial charge < -0.3 is 9.84 Å². The molecule has 0 saturated carbocycles. The number of fused-ring (bicyclic) bond motifs is 1. The third-order valence-corrected chi connectivity index (χ3v) is 7.84. The average molecular weight is 527 g/mol. The minimum absolute atomic E-state index is 0.0242. The van der Waals surface area contributed by atoms with Gasteiger partial charge in [-0.15, -0.1) is 0 Å². The highest BCUT2D eigenvalue weighted by molar-refractivity contribution is 7.92. The lowest BCUT2D eigenvalue weighted by atomic mass is 9.96. The van der Waals surface area contributed by atoms with Crippen molar-refractivity contribution < 1.29 is 17.7 Å². The van der Waals surface area contributed by atoms with Gasteiger partial charge in [0.05, 0.1) is 27.4 Å². The van der Waals surface area contributed by atoms with Crippen molar-refractivity contribution in [3.8, 4) is 11.3 Å². The second kappa shape index (κ2) is 9.75. The molecule has 192 valence electrons. The summed E-state index contributed by atoms with van der Waals surface area (Å²) >= 11 is 0. The number of sulfonamides is 1. The van der Waals surface area contributed by atoms with Gasteiger partial charge in [0.25, 0.3) is 15.9 Å². The van der Waals surface area contributed by atoms with Gasteiger partial charge in [0.2, 0.25) is 5.88 Å². The Balaban J connectivity index is 1.45. The summed E-state index contributed by atoms with van der Waals surface area (Å²) < 4.78 is 33.1. The van der Waals surface area contributed by atoms with Crippen LogP contribution in [-0.2, 0) is 10.0 Å². The molecule has 1 amide bonds. The van der Waals surface area contributed by atoms with E-state index in [1.807, 2.05) is 62.4 Å². The number of aromatic nitrogens is 2. The second-order valence-electron chi connectivity index (χ2n) is 9.15. The van der Waals surface area contributed by atoms with Crippen molar-refractivity contribution in [2.75, 3.05) is 10.0 Å². The van der Waals surface area contributed by atoms with E-state index < -0.39 is 10.0 Å². The number of anilines is 2. The Morgan fingerprint density at radius 1 is 0.842 bits per heavy atom. The maximum atomic E-state index is 13.6. The van der Waals surface area contributed by atoms with Gasteiger partial charge in [-0.2, -0.15) is 0 Å². The topological polar surface area (TPSA) is 114 Å². The Bertz CT molecular complexity index is 1770. The van der Waals surface area contributed by atoms with E-state index in [1.165, 1.54) is 12.1 Å². The molecule has 2 N–H and O–H groups in total. The Kier molecular flexibility index (Phi) is 6.46. The van der Waals surface area contributed by atoms with Crippen LogP contribution in [0.5, 0.6) is 0 Å². The van der Waals surface area contributed by atoms with Gasteiger partial charge >= 0.3 is 0 Å². The van der Waals surface area contributed by atoms with Gasteiger partial charge in [0, 0.05) is 22.2 Å². The van der Waals surface area contributed by atoms with Crippen LogP contribution in [0.1, 0.15) is 32.7 Å². The number of pyridine rings is 1. The number of hydrogen-bond donors (Lipinski definition) is 2. The van der Waals surface area contributed by atoms with Gasteiger partial charge in [-0.3, -0.25) is 4.79 Å². The van der Waals surface area contributed by atoms with Crippen molar-refractivity contribution in [2.24, 2.45) is 0 Å². The number of aryl methyl sites for hydroxylation is 2. The van der Waals surface area contributed by atoms with Crippen LogP contribution < -0.4 is 10.0 Å². The van der Waals surface area contributed by atoms with Crippen molar-refractivity contribution in [3.05, 3.63) is 101 Å². The van der Waals surface area contributed by atoms with E-state index in [9.17, 15) is 13.2 Å². The van der Waals surface area contributed by atoms with Crippen LogP contribution in [-0.4, -0.2) is 24.5 Å². The molecule has 5 rings (SSSR count). The zero-order chi connectivity index (χ0) is 27.0. The maximum Gasteiger partial charge on any atom is 0.264 e. The molecule has 8 nitrogen and oxygen atoms in total. The summed E-state index contributed by atoms with van der Waals surface area (Å²) in [4.78, 5) is 18.4. The van der Waals surface area contributed by atoms with E-state index in [0.29, 0.717) is 28.0 Å². The van der Waals surface area contributed by atoms with Crippen LogP contribution in [0.3, 0.4) is 0 Å². The zero-order valence-electron chi connectivity index (χ0n) is 21.4. The highest BCUT2D eigenvalue weighted by atomic mass is 32.2. The SMILES string of the molecule is Cc1ccc(-c2nc3ccccc3c(C(=O)Nc3ccc(S(=O)(=O)Nc4onc(C)c4C)cc3)c2C)cc1. The Hall–Kier alpha value is -4.50. The fourth-order valence-corrected chi connectivity index (χ4v) is 5.24. The normalized spacial score (nSPS) is 11.5. The van der Waals surface area contributed by atoms with Crippen molar-refractivity contribution in [3.63, 3.8) is 0 Å². The van der Waals surface area contributed by atoms with Gasteiger partial charge in [-0.1, -0.05) is 53.2 Å². The molecule has 0 spiro atoms. The highest BCUT2D eigenvalue weighted by Gasteiger charge is 2.21. The molecule has 0 fully saturated rings. The van der Waals surface area contributed by atoms with Gasteiger partial charge in [0.1, 0.15) is 0 Å². The molecule has 5 aromatic rings. The molecule has 3 aromatic carbocycles. The van der Waals surface area contributed by atoms with Crippen LogP contribution in [0.15, 0.2) is 82.2 Å². The van der Waals surface area contributed by atoms with Crippen LogP contribution >= 0.6 is 0 Å². The number of hydrogen-bond acceptors (Lipinski definition) is 6. The molecule has 0 saturated heterocycles. The molecule has 9 heteroatoms. The quantitative estimate of drug-likeness (QED) is 0.273. The Morgan fingerprint density at radius 2 is 1.53 bits per heavy atom. The largest absolute Gasteiger partial charge is 0.337 e. The van der Waals surface area contributed by atoms with E-state index in [1.54, 1.807) is 26.0 Å². The number of nitrogens with zero attached hydrogens (tertiary/aromatic N) is 2. The molecule has 0 atom stereocenters. The molecule has 0 aliphatic rings. The summed E-state index contributed by atoms with van der Waals surface area (Å²) in [6, 6.07) is 21.5. The molecular formula is C29H26N4O4S. The number of amides is 1. The number of para-hydroxylation sites is 1. The molecule has 0 radical (unpaired) electrons. The summed E-state index contributed by atoms with van der Waals surface area (Å²) in [5, 5.41) is 7.42. The lowest BCUT2D eigenvalue weighted by Gasteiger charge is -2.15. The number of carbonyl (C=O) groups excluding carboxylic acids is 1. The summed E-state index contributed by atoms with van der Waals surface area (Å²) in [5.74, 6) is -0.236. The fraction of sp³-hybridized carbons (Fsp3) is 0.138. The fourth-order valence-electron chi connectivity index (χ4n) is 4.19. The Labute approximate surface area is 220 Å². The maximum absolute atomic E-state index is 13.6. The molecule has 0 unspecified atom stereocenters. The highest BCUT2D eigenvalue weighted by Crippen LogP contribution is 2.31. The van der Waals surface area contributed by atoms with Crippen molar-refractivity contribution >= 4 is 38.4 Å². The van der Waals surface area contributed by atoms with E-state index >= 15 is 0 Å². The minimum Gasteiger partial charge on any atom is -0.337 e. The standard InChI is InChI=1S/C29H26N4O4S/c1-17-9-11-21(12-10-17)27-19(3)26(24-7-5-6-8-25(24)31-27)28(34)30-22-13-15-23(16-14-22)38(35,36)33-29-18(2)20(4)32-37-29/h5-16,33H,1-4H3,(H,30,34). The van der Waals surface area contributed by atoms with E-state index in [-0.39, 0.29) is 16.7 Å².